The third kappa shape index (κ3) is 7.08. The highest BCUT2D eigenvalue weighted by atomic mass is 16.5. The van der Waals surface area contributed by atoms with Crippen molar-refractivity contribution in [1.29, 1.82) is 0 Å². The molecule has 0 aliphatic rings. The summed E-state index contributed by atoms with van der Waals surface area (Å²) in [6.07, 6.45) is 2.42. The Balaban J connectivity index is 1.36. The maximum absolute atomic E-state index is 12.6. The zero-order valence-electron chi connectivity index (χ0n) is 23.9. The molecule has 4 rings (SSSR count). The van der Waals surface area contributed by atoms with E-state index >= 15 is 0 Å². The number of methoxy groups -OCH3 is 1. The third-order valence-corrected chi connectivity index (χ3v) is 6.39. The largest absolute Gasteiger partial charge is 0.493 e. The van der Waals surface area contributed by atoms with Crippen molar-refractivity contribution in [2.45, 2.75) is 39.9 Å². The first-order valence-corrected chi connectivity index (χ1v) is 13.2. The van der Waals surface area contributed by atoms with Crippen molar-refractivity contribution in [3.8, 4) is 22.9 Å². The summed E-state index contributed by atoms with van der Waals surface area (Å²) in [4.78, 5) is 23.9. The fourth-order valence-electron chi connectivity index (χ4n) is 4.30. The standard InChI is InChI=1S/C32H33N3O7/c1-6-7-24-16-23(17-29(39-5)30(24)41-22(4)32(37)38)18-33-34-31(36)28-15-14-27(42-28)19-40-26-12-10-25(11-13-26)35-20(2)8-9-21(35)3/h6,8-18,22H,1,7,19H2,2-5H3,(H,34,36)(H,37,38)/b33-18+/t22-/m0/s1. The van der Waals surface area contributed by atoms with Gasteiger partial charge in [-0.2, -0.15) is 5.10 Å². The monoisotopic (exact) mass is 571 g/mol. The molecule has 4 aromatic rings. The number of hydrogen-bond donors (Lipinski definition) is 2. The number of ether oxygens (including phenoxy) is 3. The van der Waals surface area contributed by atoms with Gasteiger partial charge >= 0.3 is 11.9 Å². The number of carbonyl (C=O) groups excluding carboxylic acids is 1. The smallest absolute Gasteiger partial charge is 0.344 e. The summed E-state index contributed by atoms with van der Waals surface area (Å²) in [6, 6.07) is 18.5. The van der Waals surface area contributed by atoms with E-state index in [1.807, 2.05) is 24.3 Å². The highest BCUT2D eigenvalue weighted by molar-refractivity contribution is 5.92. The fraction of sp³-hybridized carbons (Fsp3) is 0.219. The quantitative estimate of drug-likeness (QED) is 0.121. The van der Waals surface area contributed by atoms with Crippen LogP contribution in [0, 0.1) is 13.8 Å². The van der Waals surface area contributed by atoms with E-state index in [4.69, 9.17) is 18.6 Å². The van der Waals surface area contributed by atoms with Crippen LogP contribution >= 0.6 is 0 Å². The summed E-state index contributed by atoms with van der Waals surface area (Å²) in [5.74, 6) is 0.235. The molecule has 2 aromatic heterocycles. The van der Waals surface area contributed by atoms with Gasteiger partial charge in [-0.1, -0.05) is 6.08 Å². The van der Waals surface area contributed by atoms with E-state index in [0.29, 0.717) is 40.6 Å². The number of carbonyl (C=O) groups is 2. The number of nitrogens with one attached hydrogen (secondary N) is 1. The van der Waals surface area contributed by atoms with Crippen LogP contribution in [-0.4, -0.2) is 41.0 Å². The van der Waals surface area contributed by atoms with Gasteiger partial charge in [0, 0.05) is 22.6 Å². The molecule has 10 heteroatoms. The van der Waals surface area contributed by atoms with Crippen LogP contribution in [0.3, 0.4) is 0 Å². The number of allylic oxidation sites excluding steroid dienone is 1. The van der Waals surface area contributed by atoms with E-state index in [1.165, 1.54) is 20.2 Å². The number of furan rings is 1. The van der Waals surface area contributed by atoms with Crippen molar-refractivity contribution in [1.82, 2.24) is 9.99 Å². The molecule has 0 aliphatic carbocycles. The van der Waals surface area contributed by atoms with E-state index < -0.39 is 18.0 Å². The zero-order chi connectivity index (χ0) is 30.2. The normalized spacial score (nSPS) is 11.7. The Morgan fingerprint density at radius 2 is 1.81 bits per heavy atom. The molecule has 0 bridgehead atoms. The van der Waals surface area contributed by atoms with Gasteiger partial charge in [-0.3, -0.25) is 4.79 Å². The number of benzene rings is 2. The molecule has 10 nitrogen and oxygen atoms in total. The van der Waals surface area contributed by atoms with Gasteiger partial charge in [-0.05, 0) is 93.4 Å². The Labute approximate surface area is 243 Å². The highest BCUT2D eigenvalue weighted by Gasteiger charge is 2.19. The van der Waals surface area contributed by atoms with Crippen LogP contribution in [0.25, 0.3) is 5.69 Å². The minimum atomic E-state index is -1.10. The average Bonchev–Trinajstić information content (AvgIpc) is 3.59. The van der Waals surface area contributed by atoms with Crippen molar-refractivity contribution in [3.63, 3.8) is 0 Å². The second-order valence-electron chi connectivity index (χ2n) is 9.50. The Morgan fingerprint density at radius 3 is 2.45 bits per heavy atom. The van der Waals surface area contributed by atoms with E-state index in [2.05, 4.69) is 47.7 Å². The summed E-state index contributed by atoms with van der Waals surface area (Å²) in [5, 5.41) is 13.2. The van der Waals surface area contributed by atoms with E-state index in [0.717, 1.165) is 17.1 Å². The van der Waals surface area contributed by atoms with Gasteiger partial charge in [0.25, 0.3) is 0 Å². The molecule has 2 heterocycles. The molecular formula is C32H33N3O7. The maximum Gasteiger partial charge on any atom is 0.344 e. The Morgan fingerprint density at radius 1 is 1.10 bits per heavy atom. The first-order valence-electron chi connectivity index (χ1n) is 13.2. The molecule has 0 aliphatic heterocycles. The fourth-order valence-corrected chi connectivity index (χ4v) is 4.30. The molecule has 2 aromatic carbocycles. The van der Waals surface area contributed by atoms with Crippen LogP contribution in [0.1, 0.15) is 45.8 Å². The summed E-state index contributed by atoms with van der Waals surface area (Å²) in [7, 11) is 1.45. The van der Waals surface area contributed by atoms with Crippen molar-refractivity contribution in [2.24, 2.45) is 5.10 Å². The maximum atomic E-state index is 12.6. The van der Waals surface area contributed by atoms with E-state index in [9.17, 15) is 14.7 Å². The molecule has 0 saturated heterocycles. The van der Waals surface area contributed by atoms with Crippen LogP contribution in [0.2, 0.25) is 0 Å². The number of rotatable bonds is 13. The molecular weight excluding hydrogens is 538 g/mol. The minimum absolute atomic E-state index is 0.0796. The first kappa shape index (κ1) is 29.7. The molecule has 0 saturated carbocycles. The minimum Gasteiger partial charge on any atom is -0.493 e. The Bertz CT molecular complexity index is 1580. The lowest BCUT2D eigenvalue weighted by Crippen LogP contribution is -2.23. The Hall–Kier alpha value is -5.25. The summed E-state index contributed by atoms with van der Waals surface area (Å²) in [6.45, 7) is 9.44. The predicted molar refractivity (Wildman–Crippen MR) is 158 cm³/mol. The molecule has 42 heavy (non-hydrogen) atoms. The second kappa shape index (κ2) is 13.4. The number of aromatic nitrogens is 1. The van der Waals surface area contributed by atoms with Crippen molar-refractivity contribution in [2.75, 3.05) is 7.11 Å². The number of carboxylic acid groups (broad SMARTS) is 1. The van der Waals surface area contributed by atoms with Crippen LogP contribution in [-0.2, 0) is 17.8 Å². The molecule has 1 atom stereocenters. The lowest BCUT2D eigenvalue weighted by Gasteiger charge is -2.17. The summed E-state index contributed by atoms with van der Waals surface area (Å²) >= 11 is 0. The van der Waals surface area contributed by atoms with Gasteiger partial charge in [0.05, 0.1) is 13.3 Å². The summed E-state index contributed by atoms with van der Waals surface area (Å²) in [5.41, 5.74) is 7.05. The molecule has 0 radical (unpaired) electrons. The number of carboxylic acids is 1. The van der Waals surface area contributed by atoms with E-state index in [1.54, 1.807) is 30.3 Å². The van der Waals surface area contributed by atoms with Crippen LogP contribution in [0.4, 0.5) is 0 Å². The third-order valence-electron chi connectivity index (χ3n) is 6.39. The van der Waals surface area contributed by atoms with Gasteiger partial charge in [0.2, 0.25) is 0 Å². The predicted octanol–water partition coefficient (Wildman–Crippen LogP) is 5.62. The van der Waals surface area contributed by atoms with Crippen LogP contribution in [0.15, 0.2) is 82.8 Å². The van der Waals surface area contributed by atoms with Crippen LogP contribution < -0.4 is 19.6 Å². The SMILES string of the molecule is C=CCc1cc(/C=N/NC(=O)c2ccc(COc3ccc(-n4c(C)ccc4C)cc3)o2)cc(OC)c1O[C@@H](C)C(=O)O. The number of amides is 1. The topological polar surface area (TPSA) is 125 Å². The first-order chi connectivity index (χ1) is 20.2. The Kier molecular flexibility index (Phi) is 9.49. The number of aryl methyl sites for hydroxylation is 2. The van der Waals surface area contributed by atoms with Gasteiger partial charge in [0.1, 0.15) is 18.1 Å². The second-order valence-corrected chi connectivity index (χ2v) is 9.50. The summed E-state index contributed by atoms with van der Waals surface area (Å²) < 4.78 is 24.6. The molecule has 2 N–H and O–H groups in total. The number of aliphatic carboxylic acids is 1. The van der Waals surface area contributed by atoms with E-state index in [-0.39, 0.29) is 12.4 Å². The number of hydrazone groups is 1. The number of nitrogens with zero attached hydrogens (tertiary/aromatic N) is 2. The molecule has 1 amide bonds. The van der Waals surface area contributed by atoms with Crippen molar-refractivity contribution < 1.29 is 33.3 Å². The van der Waals surface area contributed by atoms with Crippen LogP contribution in [0.5, 0.6) is 17.2 Å². The molecule has 0 unspecified atom stereocenters. The lowest BCUT2D eigenvalue weighted by molar-refractivity contribution is -0.144. The van der Waals surface area contributed by atoms with Gasteiger partial charge in [-0.25, -0.2) is 10.2 Å². The molecule has 0 spiro atoms. The van der Waals surface area contributed by atoms with Crippen molar-refractivity contribution in [3.05, 3.63) is 107 Å². The van der Waals surface area contributed by atoms with Gasteiger partial charge in [-0.15, -0.1) is 6.58 Å². The number of hydrogen-bond acceptors (Lipinski definition) is 7. The lowest BCUT2D eigenvalue weighted by atomic mass is 10.1. The molecule has 218 valence electrons. The van der Waals surface area contributed by atoms with Gasteiger partial charge < -0.3 is 28.3 Å². The highest BCUT2D eigenvalue weighted by Crippen LogP contribution is 2.34. The van der Waals surface area contributed by atoms with Gasteiger partial charge in [0.15, 0.2) is 23.4 Å². The zero-order valence-corrected chi connectivity index (χ0v) is 23.9. The van der Waals surface area contributed by atoms with Crippen molar-refractivity contribution >= 4 is 18.1 Å². The molecule has 0 fully saturated rings. The average molecular weight is 572 g/mol.